The summed E-state index contributed by atoms with van der Waals surface area (Å²) in [6.07, 6.45) is 0.248. The van der Waals surface area contributed by atoms with E-state index in [1.165, 1.54) is 24.1 Å². The maximum absolute atomic E-state index is 14.5. The predicted octanol–water partition coefficient (Wildman–Crippen LogP) is 5.28. The number of para-hydroxylation sites is 2. The van der Waals surface area contributed by atoms with E-state index >= 15 is 0 Å². The van der Waals surface area contributed by atoms with E-state index in [-0.39, 0.29) is 29.5 Å². The molecule has 8 nitrogen and oxygen atoms in total. The number of ether oxygens (including phenoxy) is 1. The van der Waals surface area contributed by atoms with Crippen LogP contribution in [0.25, 0.3) is 0 Å². The Morgan fingerprint density at radius 3 is 2.14 bits per heavy atom. The first-order valence-corrected chi connectivity index (χ1v) is 16.0. The van der Waals surface area contributed by atoms with Gasteiger partial charge in [0.25, 0.3) is 10.0 Å². The third-order valence-electron chi connectivity index (χ3n) is 7.27. The van der Waals surface area contributed by atoms with Crippen molar-refractivity contribution in [3.8, 4) is 5.75 Å². The number of amides is 2. The summed E-state index contributed by atoms with van der Waals surface area (Å²) >= 11 is 0. The number of carbonyl (C=O) groups excluding carboxylic acids is 2. The third-order valence-corrected chi connectivity index (χ3v) is 9.05. The molecule has 4 aromatic rings. The number of nitrogens with one attached hydrogen (secondary N) is 1. The number of likely N-dealkylation sites (N-methyl/N-ethyl adjacent to an activating group) is 1. The van der Waals surface area contributed by atoms with Crippen LogP contribution in [0.1, 0.15) is 29.2 Å². The molecular formula is C35H39N3O5S. The number of hydrogen-bond acceptors (Lipinski definition) is 5. The minimum Gasteiger partial charge on any atom is -0.492 e. The molecule has 0 saturated carbocycles. The van der Waals surface area contributed by atoms with E-state index in [4.69, 9.17) is 4.74 Å². The first kappa shape index (κ1) is 32.3. The van der Waals surface area contributed by atoms with Gasteiger partial charge in [-0.05, 0) is 56.2 Å². The summed E-state index contributed by atoms with van der Waals surface area (Å²) in [4.78, 5) is 29.4. The Balaban J connectivity index is 1.82. The van der Waals surface area contributed by atoms with Gasteiger partial charge in [0.15, 0.2) is 0 Å². The predicted molar refractivity (Wildman–Crippen MR) is 173 cm³/mol. The second kappa shape index (κ2) is 14.7. The van der Waals surface area contributed by atoms with E-state index in [2.05, 4.69) is 5.32 Å². The zero-order valence-electron chi connectivity index (χ0n) is 25.6. The van der Waals surface area contributed by atoms with Gasteiger partial charge in [-0.1, -0.05) is 90.0 Å². The maximum atomic E-state index is 14.5. The highest BCUT2D eigenvalue weighted by molar-refractivity contribution is 7.92. The molecule has 4 aromatic carbocycles. The van der Waals surface area contributed by atoms with Crippen LogP contribution >= 0.6 is 0 Å². The number of anilines is 1. The quantitative estimate of drug-likeness (QED) is 0.221. The molecule has 1 atom stereocenters. The highest BCUT2D eigenvalue weighted by atomic mass is 32.2. The molecule has 0 radical (unpaired) electrons. The molecule has 0 aliphatic rings. The average Bonchev–Trinajstić information content (AvgIpc) is 3.02. The number of carbonyl (C=O) groups is 2. The van der Waals surface area contributed by atoms with Gasteiger partial charge >= 0.3 is 0 Å². The van der Waals surface area contributed by atoms with Crippen molar-refractivity contribution in [3.05, 3.63) is 125 Å². The molecule has 2 amide bonds. The van der Waals surface area contributed by atoms with Crippen LogP contribution in [0.3, 0.4) is 0 Å². The summed E-state index contributed by atoms with van der Waals surface area (Å²) < 4.78 is 35.4. The van der Waals surface area contributed by atoms with E-state index in [0.29, 0.717) is 12.4 Å². The fourth-order valence-electron chi connectivity index (χ4n) is 5.02. The third kappa shape index (κ3) is 7.85. The molecule has 0 fully saturated rings. The summed E-state index contributed by atoms with van der Waals surface area (Å²) in [6, 6.07) is 29.5. The second-order valence-electron chi connectivity index (χ2n) is 10.6. The molecule has 0 bridgehead atoms. The normalized spacial score (nSPS) is 11.8. The lowest BCUT2D eigenvalue weighted by molar-refractivity contribution is -0.139. The minimum atomic E-state index is -4.22. The zero-order chi connectivity index (χ0) is 31.7. The Hall–Kier alpha value is -4.63. The van der Waals surface area contributed by atoms with Crippen LogP contribution in [0.5, 0.6) is 5.75 Å². The highest BCUT2D eigenvalue weighted by Crippen LogP contribution is 2.33. The summed E-state index contributed by atoms with van der Waals surface area (Å²) in [7, 11) is -2.70. The summed E-state index contributed by atoms with van der Waals surface area (Å²) in [5, 5.41) is 2.71. The van der Waals surface area contributed by atoms with Gasteiger partial charge in [0.05, 0.1) is 17.2 Å². The molecule has 0 saturated heterocycles. The molecular weight excluding hydrogens is 574 g/mol. The fraction of sp³-hybridized carbons (Fsp3) is 0.257. The fourth-order valence-corrected chi connectivity index (χ4v) is 6.44. The zero-order valence-corrected chi connectivity index (χ0v) is 26.4. The molecule has 0 aliphatic heterocycles. The second-order valence-corrected chi connectivity index (χ2v) is 12.4. The lowest BCUT2D eigenvalue weighted by Gasteiger charge is -2.34. The average molecular weight is 614 g/mol. The molecule has 0 aromatic heterocycles. The van der Waals surface area contributed by atoms with Crippen LogP contribution in [-0.2, 0) is 32.6 Å². The Morgan fingerprint density at radius 2 is 1.48 bits per heavy atom. The van der Waals surface area contributed by atoms with E-state index in [0.717, 1.165) is 26.6 Å². The van der Waals surface area contributed by atoms with Crippen molar-refractivity contribution in [1.82, 2.24) is 10.2 Å². The number of hydrogen-bond donors (Lipinski definition) is 1. The lowest BCUT2D eigenvalue weighted by Crippen LogP contribution is -2.53. The van der Waals surface area contributed by atoms with Crippen LogP contribution in [0.4, 0.5) is 5.69 Å². The van der Waals surface area contributed by atoms with Crippen molar-refractivity contribution < 1.29 is 22.7 Å². The number of aryl methyl sites for hydroxylation is 2. The molecule has 230 valence electrons. The van der Waals surface area contributed by atoms with Gasteiger partial charge in [0, 0.05) is 20.0 Å². The first-order chi connectivity index (χ1) is 21.1. The lowest BCUT2D eigenvalue weighted by atomic mass is 10.0. The van der Waals surface area contributed by atoms with E-state index in [1.807, 2.05) is 75.4 Å². The van der Waals surface area contributed by atoms with Crippen LogP contribution in [0, 0.1) is 13.8 Å². The summed E-state index contributed by atoms with van der Waals surface area (Å²) in [5.41, 5.74) is 3.83. The van der Waals surface area contributed by atoms with Crippen molar-refractivity contribution in [2.45, 2.75) is 44.7 Å². The van der Waals surface area contributed by atoms with Crippen molar-refractivity contribution in [2.24, 2.45) is 0 Å². The summed E-state index contributed by atoms with van der Waals surface area (Å²) in [6.45, 7) is 5.50. The molecule has 9 heteroatoms. The Kier molecular flexibility index (Phi) is 10.8. The minimum absolute atomic E-state index is 0.0413. The smallest absolute Gasteiger partial charge is 0.264 e. The van der Waals surface area contributed by atoms with Crippen LogP contribution in [0.2, 0.25) is 0 Å². The topological polar surface area (TPSA) is 96.0 Å². The molecule has 4 rings (SSSR count). The van der Waals surface area contributed by atoms with E-state index in [9.17, 15) is 18.0 Å². The van der Waals surface area contributed by atoms with Gasteiger partial charge in [0.2, 0.25) is 11.8 Å². The SMILES string of the molecule is CCOc1ccccc1N(CC(=O)N(Cc1cccc(C)c1)[C@H](Cc1ccccc1)C(=O)NC)S(=O)(=O)c1ccc(C)cc1. The largest absolute Gasteiger partial charge is 0.492 e. The number of nitrogens with zero attached hydrogens (tertiary/aromatic N) is 2. The van der Waals surface area contributed by atoms with Crippen LogP contribution in [-0.4, -0.2) is 51.4 Å². The van der Waals surface area contributed by atoms with Gasteiger partial charge in [-0.3, -0.25) is 13.9 Å². The van der Waals surface area contributed by atoms with Crippen LogP contribution < -0.4 is 14.4 Å². The van der Waals surface area contributed by atoms with Gasteiger partial charge in [-0.2, -0.15) is 0 Å². The Bertz CT molecular complexity index is 1670. The number of benzene rings is 4. The van der Waals surface area contributed by atoms with Crippen molar-refractivity contribution in [1.29, 1.82) is 0 Å². The number of rotatable bonds is 13. The van der Waals surface area contributed by atoms with Crippen molar-refractivity contribution >= 4 is 27.5 Å². The number of sulfonamides is 1. The van der Waals surface area contributed by atoms with Crippen LogP contribution in [0.15, 0.2) is 108 Å². The van der Waals surface area contributed by atoms with Gasteiger partial charge in [-0.25, -0.2) is 8.42 Å². The Labute approximate surface area is 260 Å². The van der Waals surface area contributed by atoms with Gasteiger partial charge < -0.3 is 15.0 Å². The standard InChI is InChI=1S/C35H39N3O5S/c1-5-43-33-17-10-9-16-31(33)38(44(41,42)30-20-18-26(2)19-21-30)25-34(39)37(24-29-15-11-12-27(3)22-29)32(35(40)36-4)23-28-13-7-6-8-14-28/h6-22,32H,5,23-25H2,1-4H3,(H,36,40)/t32-/m1/s1. The maximum Gasteiger partial charge on any atom is 0.264 e. The molecule has 44 heavy (non-hydrogen) atoms. The monoisotopic (exact) mass is 613 g/mol. The Morgan fingerprint density at radius 1 is 0.818 bits per heavy atom. The van der Waals surface area contributed by atoms with E-state index < -0.39 is 28.5 Å². The molecule has 0 aliphatic carbocycles. The molecule has 0 heterocycles. The molecule has 0 spiro atoms. The first-order valence-electron chi connectivity index (χ1n) is 14.6. The molecule has 0 unspecified atom stereocenters. The summed E-state index contributed by atoms with van der Waals surface area (Å²) in [5.74, 6) is -0.550. The van der Waals surface area contributed by atoms with E-state index in [1.54, 1.807) is 36.4 Å². The van der Waals surface area contributed by atoms with Crippen molar-refractivity contribution in [3.63, 3.8) is 0 Å². The van der Waals surface area contributed by atoms with Gasteiger partial charge in [-0.15, -0.1) is 0 Å². The molecule has 1 N–H and O–H groups in total. The van der Waals surface area contributed by atoms with Crippen molar-refractivity contribution in [2.75, 3.05) is 24.5 Å². The van der Waals surface area contributed by atoms with Gasteiger partial charge in [0.1, 0.15) is 18.3 Å². The highest BCUT2D eigenvalue weighted by Gasteiger charge is 2.35.